The summed E-state index contributed by atoms with van der Waals surface area (Å²) < 4.78 is 0. The maximum Gasteiger partial charge on any atom is 0.167 e. The highest BCUT2D eigenvalue weighted by Gasteiger charge is 2.60. The van der Waals surface area contributed by atoms with Crippen molar-refractivity contribution in [3.63, 3.8) is 0 Å². The molecule has 3 aliphatic rings. The molecular weight excluding hydrogens is 272 g/mol. The second-order valence-corrected chi connectivity index (χ2v) is 8.13. The van der Waals surface area contributed by atoms with Crippen molar-refractivity contribution in [1.82, 2.24) is 0 Å². The number of benzene rings is 1. The number of Topliss-reactive ketones (excluding diaryl/α,β-unsaturated/α-hetero) is 1. The molecule has 0 spiro atoms. The molecular formula is C20H24O2. The van der Waals surface area contributed by atoms with Gasteiger partial charge in [-0.25, -0.2) is 0 Å². The first-order valence-corrected chi connectivity index (χ1v) is 8.37. The Morgan fingerprint density at radius 3 is 2.64 bits per heavy atom. The zero-order chi connectivity index (χ0) is 16.0. The predicted molar refractivity (Wildman–Crippen MR) is 88.3 cm³/mol. The van der Waals surface area contributed by atoms with Crippen LogP contribution in [-0.4, -0.2) is 10.9 Å². The smallest absolute Gasteiger partial charge is 0.167 e. The van der Waals surface area contributed by atoms with Crippen molar-refractivity contribution in [2.75, 3.05) is 0 Å². The molecule has 2 nitrogen and oxygen atoms in total. The van der Waals surface area contributed by atoms with Gasteiger partial charge in [-0.05, 0) is 65.7 Å². The van der Waals surface area contributed by atoms with Gasteiger partial charge in [0, 0.05) is 17.0 Å². The third-order valence-corrected chi connectivity index (χ3v) is 6.54. The molecule has 0 unspecified atom stereocenters. The average Bonchev–Trinajstić information content (AvgIpc) is 2.93. The van der Waals surface area contributed by atoms with Crippen LogP contribution in [0.2, 0.25) is 0 Å². The summed E-state index contributed by atoms with van der Waals surface area (Å²) in [4.78, 5) is 12.7. The topological polar surface area (TPSA) is 37.3 Å². The molecule has 3 aliphatic carbocycles. The maximum absolute atomic E-state index is 12.7. The third-order valence-electron chi connectivity index (χ3n) is 6.54. The quantitative estimate of drug-likeness (QED) is 0.758. The monoisotopic (exact) mass is 296 g/mol. The van der Waals surface area contributed by atoms with Gasteiger partial charge in [-0.2, -0.15) is 0 Å². The van der Waals surface area contributed by atoms with E-state index in [1.54, 1.807) is 0 Å². The lowest BCUT2D eigenvalue weighted by Crippen LogP contribution is -2.09. The molecule has 22 heavy (non-hydrogen) atoms. The van der Waals surface area contributed by atoms with Crippen LogP contribution in [-0.2, 0) is 6.42 Å². The SMILES string of the molecule is C=C1CC[C@@H]2[C@@H](c3c(C)c(O)c4c(c31)C(=O)[C@H](C)C4)C2(C)C. The van der Waals surface area contributed by atoms with E-state index in [1.807, 2.05) is 13.8 Å². The van der Waals surface area contributed by atoms with E-state index in [0.717, 1.165) is 40.7 Å². The molecule has 0 heterocycles. The Morgan fingerprint density at radius 1 is 1.27 bits per heavy atom. The number of hydrogen-bond donors (Lipinski definition) is 1. The van der Waals surface area contributed by atoms with Crippen molar-refractivity contribution in [2.45, 2.75) is 52.9 Å². The van der Waals surface area contributed by atoms with Crippen LogP contribution < -0.4 is 0 Å². The predicted octanol–water partition coefficient (Wildman–Crippen LogP) is 4.62. The summed E-state index contributed by atoms with van der Waals surface area (Å²) in [7, 11) is 0. The number of phenolic OH excluding ortho intramolecular Hbond substituents is 1. The molecule has 3 atom stereocenters. The van der Waals surface area contributed by atoms with Crippen molar-refractivity contribution in [3.8, 4) is 5.75 Å². The number of aromatic hydroxyl groups is 1. The highest BCUT2D eigenvalue weighted by Crippen LogP contribution is 2.70. The molecule has 1 aromatic rings. The number of ketones is 1. The van der Waals surface area contributed by atoms with Crippen LogP contribution in [0.25, 0.3) is 5.57 Å². The van der Waals surface area contributed by atoms with Crippen molar-refractivity contribution >= 4 is 11.4 Å². The molecule has 0 aromatic heterocycles. The van der Waals surface area contributed by atoms with Gasteiger partial charge in [-0.1, -0.05) is 27.4 Å². The van der Waals surface area contributed by atoms with E-state index >= 15 is 0 Å². The first-order chi connectivity index (χ1) is 10.3. The molecule has 0 amide bonds. The van der Waals surface area contributed by atoms with Gasteiger partial charge < -0.3 is 5.11 Å². The fourth-order valence-electron chi connectivity index (χ4n) is 5.13. The van der Waals surface area contributed by atoms with E-state index in [0.29, 0.717) is 24.0 Å². The highest BCUT2D eigenvalue weighted by molar-refractivity contribution is 6.07. The molecule has 0 radical (unpaired) electrons. The van der Waals surface area contributed by atoms with Gasteiger partial charge in [0.2, 0.25) is 0 Å². The number of fused-ring (bicyclic) bond motifs is 5. The molecule has 116 valence electrons. The largest absolute Gasteiger partial charge is 0.507 e. The van der Waals surface area contributed by atoms with Crippen LogP contribution in [0.3, 0.4) is 0 Å². The molecule has 2 heteroatoms. The van der Waals surface area contributed by atoms with Gasteiger partial charge in [0.25, 0.3) is 0 Å². The van der Waals surface area contributed by atoms with Gasteiger partial charge in [-0.15, -0.1) is 0 Å². The van der Waals surface area contributed by atoms with Crippen molar-refractivity contribution in [1.29, 1.82) is 0 Å². The van der Waals surface area contributed by atoms with E-state index < -0.39 is 0 Å². The fourth-order valence-corrected chi connectivity index (χ4v) is 5.13. The first-order valence-electron chi connectivity index (χ1n) is 8.37. The molecule has 1 N–H and O–H groups in total. The van der Waals surface area contributed by atoms with Crippen molar-refractivity contribution in [2.24, 2.45) is 17.3 Å². The minimum atomic E-state index is -0.0223. The molecule has 1 aromatic carbocycles. The van der Waals surface area contributed by atoms with E-state index in [1.165, 1.54) is 5.56 Å². The molecule has 1 saturated carbocycles. The van der Waals surface area contributed by atoms with Crippen LogP contribution in [0.15, 0.2) is 6.58 Å². The fraction of sp³-hybridized carbons (Fsp3) is 0.550. The molecule has 0 bridgehead atoms. The number of hydrogen-bond acceptors (Lipinski definition) is 2. The molecule has 4 rings (SSSR count). The Balaban J connectivity index is 2.07. The van der Waals surface area contributed by atoms with Gasteiger partial charge >= 0.3 is 0 Å². The van der Waals surface area contributed by atoms with Gasteiger partial charge in [0.1, 0.15) is 5.75 Å². The minimum absolute atomic E-state index is 0.0223. The van der Waals surface area contributed by atoms with E-state index in [2.05, 4.69) is 20.4 Å². The van der Waals surface area contributed by atoms with Crippen LogP contribution >= 0.6 is 0 Å². The Kier molecular flexibility index (Phi) is 2.58. The van der Waals surface area contributed by atoms with E-state index in [-0.39, 0.29) is 17.1 Å². The normalized spacial score (nSPS) is 31.4. The third kappa shape index (κ3) is 1.48. The summed E-state index contributed by atoms with van der Waals surface area (Å²) in [6, 6.07) is 0. The highest BCUT2D eigenvalue weighted by atomic mass is 16.3. The Labute approximate surface area is 132 Å². The van der Waals surface area contributed by atoms with Crippen molar-refractivity contribution < 1.29 is 9.90 Å². The summed E-state index contributed by atoms with van der Waals surface area (Å²) in [6.45, 7) is 12.9. The van der Waals surface area contributed by atoms with Crippen LogP contribution in [0.5, 0.6) is 5.75 Å². The van der Waals surface area contributed by atoms with Gasteiger partial charge in [0.15, 0.2) is 5.78 Å². The minimum Gasteiger partial charge on any atom is -0.507 e. The standard InChI is InChI=1S/C20H24O2/c1-9-6-7-13-17(20(13,4)5)15-11(3)19(22)12-8-10(2)18(21)16(12)14(9)15/h10,13,17,22H,1,6-8H2,2-5H3/t10-,13-,17+/m1/s1. The lowest BCUT2D eigenvalue weighted by molar-refractivity contribution is 0.0946. The summed E-state index contributed by atoms with van der Waals surface area (Å²) in [5.41, 5.74) is 6.33. The summed E-state index contributed by atoms with van der Waals surface area (Å²) >= 11 is 0. The Bertz CT molecular complexity index is 739. The zero-order valence-corrected chi connectivity index (χ0v) is 13.9. The number of allylic oxidation sites excluding steroid dienone is 1. The first kappa shape index (κ1) is 14.0. The number of carbonyl (C=O) groups excluding carboxylic acids is 1. The summed E-state index contributed by atoms with van der Waals surface area (Å²) in [5, 5.41) is 10.7. The lowest BCUT2D eigenvalue weighted by atomic mass is 9.84. The summed E-state index contributed by atoms with van der Waals surface area (Å²) in [5.74, 6) is 1.64. The lowest BCUT2D eigenvalue weighted by Gasteiger charge is -2.21. The molecule has 0 saturated heterocycles. The second kappa shape index (κ2) is 4.04. The Morgan fingerprint density at radius 2 is 1.95 bits per heavy atom. The van der Waals surface area contributed by atoms with Crippen LogP contribution in [0, 0.1) is 24.2 Å². The summed E-state index contributed by atoms with van der Waals surface area (Å²) in [6.07, 6.45) is 2.78. The maximum atomic E-state index is 12.7. The number of phenols is 1. The second-order valence-electron chi connectivity index (χ2n) is 8.13. The van der Waals surface area contributed by atoms with E-state index in [9.17, 15) is 9.90 Å². The Hall–Kier alpha value is -1.57. The van der Waals surface area contributed by atoms with Crippen molar-refractivity contribution in [3.05, 3.63) is 34.4 Å². The number of carbonyl (C=O) groups is 1. The number of rotatable bonds is 0. The molecule has 0 aliphatic heterocycles. The molecule has 1 fully saturated rings. The van der Waals surface area contributed by atoms with Crippen LogP contribution in [0.4, 0.5) is 0 Å². The van der Waals surface area contributed by atoms with Gasteiger partial charge in [-0.3, -0.25) is 4.79 Å². The zero-order valence-electron chi connectivity index (χ0n) is 13.9. The van der Waals surface area contributed by atoms with Crippen LogP contribution in [0.1, 0.15) is 72.1 Å². The van der Waals surface area contributed by atoms with E-state index in [4.69, 9.17) is 0 Å². The van der Waals surface area contributed by atoms with Gasteiger partial charge in [0.05, 0.1) is 0 Å². The average molecular weight is 296 g/mol.